The van der Waals surface area contributed by atoms with Crippen LogP contribution in [0.2, 0.25) is 0 Å². The van der Waals surface area contributed by atoms with Crippen LogP contribution in [0.3, 0.4) is 0 Å². The minimum Gasteiger partial charge on any atom is -0.462 e. The standard InChI is InChI=1S/C23H29NO5/c1-22-5-2-6-23(12-28-23)20(22)8-15-16(21(25)29-19(15)9-22)11-24-10-14-3-4-17-18(7-14)27-13-26-17/h3-4,7,15-16,19-20,24H,2,5-6,8-13H2,1H3/p+1/t15-,16-,19-,20-,22-,23+/m1/s1. The summed E-state index contributed by atoms with van der Waals surface area (Å²) in [6.07, 6.45) is 5.87. The van der Waals surface area contributed by atoms with Gasteiger partial charge in [-0.1, -0.05) is 6.92 Å². The molecule has 2 N–H and O–H groups in total. The third-order valence-electron chi connectivity index (χ3n) is 8.32. The van der Waals surface area contributed by atoms with Crippen LogP contribution in [0, 0.1) is 23.2 Å². The Bertz CT molecular complexity index is 837. The van der Waals surface area contributed by atoms with Crippen molar-refractivity contribution in [3.05, 3.63) is 23.8 Å². The van der Waals surface area contributed by atoms with Crippen LogP contribution in [0.25, 0.3) is 0 Å². The van der Waals surface area contributed by atoms with Crippen LogP contribution < -0.4 is 14.8 Å². The molecule has 29 heavy (non-hydrogen) atoms. The van der Waals surface area contributed by atoms with Crippen molar-refractivity contribution in [1.82, 2.24) is 0 Å². The molecule has 2 saturated carbocycles. The van der Waals surface area contributed by atoms with Gasteiger partial charge >= 0.3 is 5.97 Å². The van der Waals surface area contributed by atoms with Crippen molar-refractivity contribution in [2.24, 2.45) is 23.2 Å². The number of carbonyl (C=O) groups excluding carboxylic acids is 1. The van der Waals surface area contributed by atoms with E-state index in [1.807, 2.05) is 12.1 Å². The Balaban J connectivity index is 1.13. The van der Waals surface area contributed by atoms with Gasteiger partial charge in [0.1, 0.15) is 18.6 Å². The molecule has 6 nitrogen and oxygen atoms in total. The van der Waals surface area contributed by atoms with Gasteiger partial charge in [-0.3, -0.25) is 4.79 Å². The lowest BCUT2D eigenvalue weighted by molar-refractivity contribution is -0.675. The molecule has 6 rings (SSSR count). The minimum atomic E-state index is -0.00344. The first-order valence-corrected chi connectivity index (χ1v) is 11.1. The zero-order chi connectivity index (χ0) is 19.6. The summed E-state index contributed by atoms with van der Waals surface area (Å²) in [5.41, 5.74) is 1.57. The number of ether oxygens (including phenoxy) is 4. The van der Waals surface area contributed by atoms with E-state index in [2.05, 4.69) is 18.3 Å². The van der Waals surface area contributed by atoms with Crippen molar-refractivity contribution >= 4 is 5.97 Å². The first-order chi connectivity index (χ1) is 14.1. The Morgan fingerprint density at radius 3 is 2.93 bits per heavy atom. The van der Waals surface area contributed by atoms with Gasteiger partial charge in [0.2, 0.25) is 6.79 Å². The van der Waals surface area contributed by atoms with Crippen LogP contribution >= 0.6 is 0 Å². The van der Waals surface area contributed by atoms with Crippen LogP contribution in [-0.4, -0.2) is 37.6 Å². The zero-order valence-corrected chi connectivity index (χ0v) is 17.0. The molecule has 0 radical (unpaired) electrons. The molecule has 1 aromatic carbocycles. The molecule has 1 spiro atoms. The summed E-state index contributed by atoms with van der Waals surface area (Å²) >= 11 is 0. The highest BCUT2D eigenvalue weighted by Crippen LogP contribution is 2.62. The lowest BCUT2D eigenvalue weighted by atomic mass is 9.53. The van der Waals surface area contributed by atoms with Crippen molar-refractivity contribution in [1.29, 1.82) is 0 Å². The fourth-order valence-corrected chi connectivity index (χ4v) is 6.72. The molecule has 5 aliphatic rings. The molecule has 3 aliphatic heterocycles. The summed E-state index contributed by atoms with van der Waals surface area (Å²) in [6.45, 7) is 5.23. The van der Waals surface area contributed by atoms with Crippen molar-refractivity contribution in [2.75, 3.05) is 19.9 Å². The van der Waals surface area contributed by atoms with E-state index in [4.69, 9.17) is 18.9 Å². The number of quaternary nitrogens is 1. The predicted octanol–water partition coefficient (Wildman–Crippen LogP) is 2.01. The fraction of sp³-hybridized carbons (Fsp3) is 0.696. The van der Waals surface area contributed by atoms with Gasteiger partial charge in [0.25, 0.3) is 0 Å². The number of benzene rings is 1. The molecule has 6 heteroatoms. The highest BCUT2D eigenvalue weighted by atomic mass is 16.7. The summed E-state index contributed by atoms with van der Waals surface area (Å²) in [4.78, 5) is 12.7. The first-order valence-electron chi connectivity index (χ1n) is 11.1. The molecule has 4 fully saturated rings. The summed E-state index contributed by atoms with van der Waals surface area (Å²) in [5.74, 6) is 2.55. The van der Waals surface area contributed by atoms with E-state index >= 15 is 0 Å². The summed E-state index contributed by atoms with van der Waals surface area (Å²) in [6, 6.07) is 6.07. The van der Waals surface area contributed by atoms with Gasteiger partial charge in [0, 0.05) is 11.5 Å². The third kappa shape index (κ3) is 2.87. The number of hydrogen-bond donors (Lipinski definition) is 1. The topological polar surface area (TPSA) is 73.9 Å². The maximum absolute atomic E-state index is 12.7. The molecular formula is C23H30NO5+. The maximum Gasteiger partial charge on any atom is 0.315 e. The zero-order valence-electron chi connectivity index (χ0n) is 17.0. The molecule has 6 atom stereocenters. The van der Waals surface area contributed by atoms with E-state index in [0.29, 0.717) is 18.6 Å². The second kappa shape index (κ2) is 6.35. The van der Waals surface area contributed by atoms with Gasteiger partial charge in [-0.2, -0.15) is 0 Å². The van der Waals surface area contributed by atoms with Gasteiger partial charge in [0.15, 0.2) is 11.5 Å². The normalized spacial score (nSPS) is 41.8. The van der Waals surface area contributed by atoms with Crippen molar-refractivity contribution in [3.63, 3.8) is 0 Å². The lowest BCUT2D eigenvalue weighted by Gasteiger charge is -2.51. The molecule has 0 amide bonds. The van der Waals surface area contributed by atoms with Crippen molar-refractivity contribution in [2.45, 2.75) is 57.3 Å². The van der Waals surface area contributed by atoms with Crippen molar-refractivity contribution < 1.29 is 29.1 Å². The number of rotatable bonds is 4. The van der Waals surface area contributed by atoms with E-state index in [9.17, 15) is 4.79 Å². The highest BCUT2D eigenvalue weighted by Gasteiger charge is 2.65. The molecule has 1 aromatic rings. The average molecular weight is 400 g/mol. The van der Waals surface area contributed by atoms with Gasteiger partial charge in [-0.25, -0.2) is 0 Å². The Labute approximate surface area is 171 Å². The molecule has 0 unspecified atom stereocenters. The molecule has 2 aliphatic carbocycles. The third-order valence-corrected chi connectivity index (χ3v) is 8.32. The largest absolute Gasteiger partial charge is 0.462 e. The number of fused-ring (bicyclic) bond motifs is 4. The van der Waals surface area contributed by atoms with E-state index in [1.165, 1.54) is 24.8 Å². The van der Waals surface area contributed by atoms with Crippen LogP contribution in [-0.2, 0) is 20.8 Å². The number of epoxide rings is 1. The number of esters is 1. The summed E-state index contributed by atoms with van der Waals surface area (Å²) < 4.78 is 22.8. The molecule has 2 saturated heterocycles. The molecule has 0 bridgehead atoms. The maximum atomic E-state index is 12.7. The monoisotopic (exact) mass is 400 g/mol. The quantitative estimate of drug-likeness (QED) is 0.618. The van der Waals surface area contributed by atoms with E-state index in [1.54, 1.807) is 0 Å². The number of hydrogen-bond acceptors (Lipinski definition) is 5. The van der Waals surface area contributed by atoms with E-state index in [-0.39, 0.29) is 29.0 Å². The average Bonchev–Trinajstić information content (AvgIpc) is 3.18. The Kier molecular flexibility index (Phi) is 3.95. The second-order valence-electron chi connectivity index (χ2n) is 10.0. The van der Waals surface area contributed by atoms with Crippen LogP contribution in [0.1, 0.15) is 44.6 Å². The molecular weight excluding hydrogens is 370 g/mol. The summed E-state index contributed by atoms with van der Waals surface area (Å²) in [7, 11) is 0. The van der Waals surface area contributed by atoms with E-state index in [0.717, 1.165) is 44.0 Å². The SMILES string of the molecule is C[C@]12CCC[C@]3(CO3)[C@@H]1C[C@H]1[C@@H](C2)OC(=O)[C@@H]1C[NH2+]Cc1ccc2c(c1)OCO2. The van der Waals surface area contributed by atoms with Gasteiger partial charge < -0.3 is 24.3 Å². The lowest BCUT2D eigenvalue weighted by Crippen LogP contribution is -2.84. The highest BCUT2D eigenvalue weighted by molar-refractivity contribution is 5.75. The van der Waals surface area contributed by atoms with E-state index < -0.39 is 0 Å². The van der Waals surface area contributed by atoms with Gasteiger partial charge in [0.05, 0.1) is 18.8 Å². The number of carbonyl (C=O) groups is 1. The second-order valence-corrected chi connectivity index (χ2v) is 10.0. The Morgan fingerprint density at radius 1 is 1.21 bits per heavy atom. The van der Waals surface area contributed by atoms with Crippen LogP contribution in [0.15, 0.2) is 18.2 Å². The minimum absolute atomic E-state index is 0.00344. The van der Waals surface area contributed by atoms with Crippen molar-refractivity contribution in [3.8, 4) is 11.5 Å². The molecule has 0 aromatic heterocycles. The first kappa shape index (κ1) is 18.0. The Morgan fingerprint density at radius 2 is 2.07 bits per heavy atom. The number of nitrogens with two attached hydrogens (primary N) is 1. The summed E-state index contributed by atoms with van der Waals surface area (Å²) in [5, 5.41) is 2.24. The fourth-order valence-electron chi connectivity index (χ4n) is 6.72. The molecule has 156 valence electrons. The van der Waals surface area contributed by atoms with Gasteiger partial charge in [-0.05, 0) is 61.6 Å². The smallest absolute Gasteiger partial charge is 0.315 e. The van der Waals surface area contributed by atoms with Gasteiger partial charge in [-0.15, -0.1) is 0 Å². The Hall–Kier alpha value is -1.79. The predicted molar refractivity (Wildman–Crippen MR) is 103 cm³/mol. The van der Waals surface area contributed by atoms with Crippen LogP contribution in [0.5, 0.6) is 11.5 Å². The molecule has 3 heterocycles. The van der Waals surface area contributed by atoms with Crippen LogP contribution in [0.4, 0.5) is 0 Å².